The van der Waals surface area contributed by atoms with Crippen LogP contribution in [0.1, 0.15) is 16.7 Å². The van der Waals surface area contributed by atoms with Crippen molar-refractivity contribution in [3.63, 3.8) is 0 Å². The van der Waals surface area contributed by atoms with Crippen LogP contribution < -0.4 is 14.4 Å². The number of para-hydroxylation sites is 1. The Morgan fingerprint density at radius 3 is 2.90 bits per heavy atom. The summed E-state index contributed by atoms with van der Waals surface area (Å²) in [6.45, 7) is 3.52. The molecule has 0 amide bonds. The van der Waals surface area contributed by atoms with Crippen LogP contribution in [0, 0.1) is 6.92 Å². The lowest BCUT2D eigenvalue weighted by molar-refractivity contribution is 0.284. The van der Waals surface area contributed by atoms with Crippen LogP contribution in [0.2, 0.25) is 0 Å². The average molecular weight is 279 g/mol. The minimum absolute atomic E-state index is 0.576. The third-order valence-corrected chi connectivity index (χ3v) is 4.10. The SMILES string of the molecule is Cc1ccccc1N1COc2ccc3c(c2C1)OC=CC3. The third-order valence-electron chi connectivity index (χ3n) is 4.10. The van der Waals surface area contributed by atoms with Crippen molar-refractivity contribution in [3.05, 3.63) is 65.4 Å². The zero-order valence-corrected chi connectivity index (χ0v) is 12.0. The first-order valence-corrected chi connectivity index (χ1v) is 7.23. The number of hydrogen-bond acceptors (Lipinski definition) is 3. The van der Waals surface area contributed by atoms with Crippen molar-refractivity contribution in [1.82, 2.24) is 0 Å². The molecule has 3 heteroatoms. The first-order chi connectivity index (χ1) is 10.3. The van der Waals surface area contributed by atoms with E-state index >= 15 is 0 Å². The zero-order valence-electron chi connectivity index (χ0n) is 12.0. The van der Waals surface area contributed by atoms with Crippen molar-refractivity contribution in [3.8, 4) is 11.5 Å². The fourth-order valence-electron chi connectivity index (χ4n) is 3.00. The second-order valence-corrected chi connectivity index (χ2v) is 5.48. The molecule has 2 aromatic carbocycles. The maximum Gasteiger partial charge on any atom is 0.161 e. The molecule has 2 aliphatic heterocycles. The normalized spacial score (nSPS) is 15.8. The molecular weight excluding hydrogens is 262 g/mol. The van der Waals surface area contributed by atoms with E-state index < -0.39 is 0 Å². The van der Waals surface area contributed by atoms with Crippen molar-refractivity contribution >= 4 is 5.69 Å². The number of hydrogen-bond donors (Lipinski definition) is 0. The summed E-state index contributed by atoms with van der Waals surface area (Å²) in [6, 6.07) is 12.6. The summed E-state index contributed by atoms with van der Waals surface area (Å²) in [5.74, 6) is 1.90. The molecule has 0 aliphatic carbocycles. The van der Waals surface area contributed by atoms with E-state index in [4.69, 9.17) is 9.47 Å². The van der Waals surface area contributed by atoms with Gasteiger partial charge in [0.05, 0.1) is 18.4 Å². The Balaban J connectivity index is 1.73. The highest BCUT2D eigenvalue weighted by atomic mass is 16.5. The first-order valence-electron chi connectivity index (χ1n) is 7.23. The van der Waals surface area contributed by atoms with Gasteiger partial charge in [0.25, 0.3) is 0 Å². The van der Waals surface area contributed by atoms with Crippen molar-refractivity contribution in [1.29, 1.82) is 0 Å². The Kier molecular flexibility index (Phi) is 2.85. The number of allylic oxidation sites excluding steroid dienone is 1. The van der Waals surface area contributed by atoms with Crippen LogP contribution in [-0.4, -0.2) is 6.73 Å². The fraction of sp³-hybridized carbons (Fsp3) is 0.222. The van der Waals surface area contributed by atoms with Crippen molar-refractivity contribution in [2.24, 2.45) is 0 Å². The molecule has 0 N–H and O–H groups in total. The Morgan fingerprint density at radius 2 is 2.00 bits per heavy atom. The van der Waals surface area contributed by atoms with E-state index in [-0.39, 0.29) is 0 Å². The van der Waals surface area contributed by atoms with E-state index in [1.165, 1.54) is 16.8 Å². The summed E-state index contributed by atoms with van der Waals surface area (Å²) in [7, 11) is 0. The molecule has 0 aromatic heterocycles. The topological polar surface area (TPSA) is 21.7 Å². The summed E-state index contributed by atoms with van der Waals surface area (Å²) in [4.78, 5) is 2.25. The Labute approximate surface area is 124 Å². The highest BCUT2D eigenvalue weighted by Crippen LogP contribution is 2.39. The number of rotatable bonds is 1. The van der Waals surface area contributed by atoms with Crippen molar-refractivity contribution in [2.75, 3.05) is 11.6 Å². The summed E-state index contributed by atoms with van der Waals surface area (Å²) >= 11 is 0. The molecule has 3 nitrogen and oxygen atoms in total. The highest BCUT2D eigenvalue weighted by Gasteiger charge is 2.24. The van der Waals surface area contributed by atoms with Gasteiger partial charge in [0, 0.05) is 5.69 Å². The van der Waals surface area contributed by atoms with Gasteiger partial charge in [-0.25, -0.2) is 0 Å². The minimum atomic E-state index is 0.576. The molecule has 0 saturated carbocycles. The summed E-state index contributed by atoms with van der Waals surface area (Å²) < 4.78 is 11.7. The second kappa shape index (κ2) is 4.85. The van der Waals surface area contributed by atoms with Crippen LogP contribution in [0.5, 0.6) is 11.5 Å². The standard InChI is InChI=1S/C18H17NO2/c1-13-5-2-3-7-16(13)19-11-15-17(21-12-19)9-8-14-6-4-10-20-18(14)15/h2-5,7-10H,6,11-12H2,1H3. The molecule has 0 radical (unpaired) electrons. The van der Waals surface area contributed by atoms with Crippen LogP contribution in [0.3, 0.4) is 0 Å². The largest absolute Gasteiger partial charge is 0.473 e. The third kappa shape index (κ3) is 2.05. The maximum absolute atomic E-state index is 5.93. The van der Waals surface area contributed by atoms with Crippen LogP contribution in [0.25, 0.3) is 0 Å². The number of anilines is 1. The van der Waals surface area contributed by atoms with Gasteiger partial charge in [0.1, 0.15) is 11.5 Å². The van der Waals surface area contributed by atoms with E-state index in [1.54, 1.807) is 6.26 Å². The number of nitrogens with zero attached hydrogens (tertiary/aromatic N) is 1. The number of aryl methyl sites for hydroxylation is 1. The van der Waals surface area contributed by atoms with Gasteiger partial charge in [-0.3, -0.25) is 0 Å². The van der Waals surface area contributed by atoms with Crippen molar-refractivity contribution in [2.45, 2.75) is 19.9 Å². The van der Waals surface area contributed by atoms with Gasteiger partial charge >= 0.3 is 0 Å². The molecule has 2 heterocycles. The Hall–Kier alpha value is -2.42. The smallest absolute Gasteiger partial charge is 0.161 e. The molecule has 0 fully saturated rings. The Bertz CT molecular complexity index is 721. The van der Waals surface area contributed by atoms with E-state index in [1.807, 2.05) is 6.08 Å². The number of ether oxygens (including phenoxy) is 2. The lowest BCUT2D eigenvalue weighted by Gasteiger charge is -2.33. The molecule has 21 heavy (non-hydrogen) atoms. The second-order valence-electron chi connectivity index (χ2n) is 5.48. The quantitative estimate of drug-likeness (QED) is 0.792. The van der Waals surface area contributed by atoms with Crippen LogP contribution in [-0.2, 0) is 13.0 Å². The van der Waals surface area contributed by atoms with E-state index in [0.717, 1.165) is 30.0 Å². The van der Waals surface area contributed by atoms with Crippen LogP contribution in [0.4, 0.5) is 5.69 Å². The van der Waals surface area contributed by atoms with Gasteiger partial charge in [-0.05, 0) is 42.7 Å². The first kappa shape index (κ1) is 12.3. The number of fused-ring (bicyclic) bond motifs is 3. The molecule has 0 bridgehead atoms. The van der Waals surface area contributed by atoms with Gasteiger partial charge in [-0.2, -0.15) is 0 Å². The summed E-state index contributed by atoms with van der Waals surface area (Å²) in [5.41, 5.74) is 4.85. The Morgan fingerprint density at radius 1 is 1.10 bits per heavy atom. The molecule has 0 atom stereocenters. The maximum atomic E-state index is 5.93. The summed E-state index contributed by atoms with van der Waals surface area (Å²) in [6.07, 6.45) is 4.74. The highest BCUT2D eigenvalue weighted by molar-refractivity contribution is 5.59. The molecule has 0 unspecified atom stereocenters. The predicted octanol–water partition coefficient (Wildman–Crippen LogP) is 3.80. The molecule has 0 spiro atoms. The lowest BCUT2D eigenvalue weighted by atomic mass is 10.0. The minimum Gasteiger partial charge on any atom is -0.473 e. The molecule has 2 aromatic rings. The number of benzene rings is 2. The molecule has 0 saturated heterocycles. The molecule has 2 aliphatic rings. The fourth-order valence-corrected chi connectivity index (χ4v) is 3.00. The molecule has 106 valence electrons. The summed E-state index contributed by atoms with van der Waals surface area (Å²) in [5, 5.41) is 0. The van der Waals surface area contributed by atoms with Gasteiger partial charge in [0.2, 0.25) is 0 Å². The lowest BCUT2D eigenvalue weighted by Crippen LogP contribution is -2.32. The van der Waals surface area contributed by atoms with Crippen molar-refractivity contribution < 1.29 is 9.47 Å². The van der Waals surface area contributed by atoms with Crippen LogP contribution >= 0.6 is 0 Å². The average Bonchev–Trinajstić information content (AvgIpc) is 2.55. The van der Waals surface area contributed by atoms with Gasteiger partial charge in [-0.15, -0.1) is 0 Å². The molecule has 4 rings (SSSR count). The van der Waals surface area contributed by atoms with Gasteiger partial charge in [0.15, 0.2) is 6.73 Å². The monoisotopic (exact) mass is 279 g/mol. The zero-order chi connectivity index (χ0) is 14.2. The van der Waals surface area contributed by atoms with E-state index in [9.17, 15) is 0 Å². The molecular formula is C18H17NO2. The van der Waals surface area contributed by atoms with Gasteiger partial charge in [-0.1, -0.05) is 24.3 Å². The predicted molar refractivity (Wildman–Crippen MR) is 82.8 cm³/mol. The van der Waals surface area contributed by atoms with E-state index in [2.05, 4.69) is 48.2 Å². The van der Waals surface area contributed by atoms with E-state index in [0.29, 0.717) is 6.73 Å². The van der Waals surface area contributed by atoms with Gasteiger partial charge < -0.3 is 14.4 Å². The van der Waals surface area contributed by atoms with Crippen LogP contribution in [0.15, 0.2) is 48.7 Å².